The molecular weight excluding hydrogens is 246 g/mol. The summed E-state index contributed by atoms with van der Waals surface area (Å²) in [5.41, 5.74) is 0.796. The molecule has 2 aromatic rings. The number of hydrogen-bond donors (Lipinski definition) is 2. The van der Waals surface area contributed by atoms with Crippen molar-refractivity contribution in [2.45, 2.75) is 12.8 Å². The van der Waals surface area contributed by atoms with Crippen LogP contribution in [0.4, 0.5) is 0 Å². The van der Waals surface area contributed by atoms with Crippen molar-refractivity contribution in [2.75, 3.05) is 20.7 Å². The van der Waals surface area contributed by atoms with Crippen LogP contribution in [-0.4, -0.2) is 41.2 Å². The van der Waals surface area contributed by atoms with E-state index in [2.05, 4.69) is 10.3 Å². The van der Waals surface area contributed by atoms with Crippen LogP contribution in [0.5, 0.6) is 5.75 Å². The molecule has 0 aliphatic heterocycles. The van der Waals surface area contributed by atoms with Crippen molar-refractivity contribution in [3.8, 4) is 5.75 Å². The summed E-state index contributed by atoms with van der Waals surface area (Å²) in [7, 11) is 3.21. The molecule has 0 radical (unpaired) electrons. The molecule has 102 valence electrons. The van der Waals surface area contributed by atoms with E-state index in [9.17, 15) is 9.90 Å². The van der Waals surface area contributed by atoms with E-state index in [0.717, 1.165) is 25.2 Å². The first-order valence-electron chi connectivity index (χ1n) is 6.10. The summed E-state index contributed by atoms with van der Waals surface area (Å²) in [5.74, 6) is 0.382. The third kappa shape index (κ3) is 2.68. The molecule has 19 heavy (non-hydrogen) atoms. The Hall–Kier alpha value is -2.08. The third-order valence-corrected chi connectivity index (χ3v) is 2.91. The number of rotatable bonds is 5. The lowest BCUT2D eigenvalue weighted by molar-refractivity contribution is 0.0597. The molecule has 2 rings (SSSR count). The minimum Gasteiger partial charge on any atom is -0.508 e. The van der Waals surface area contributed by atoms with Crippen molar-refractivity contribution in [1.29, 1.82) is 0 Å². The van der Waals surface area contributed by atoms with Gasteiger partial charge in [0.05, 0.1) is 12.6 Å². The Morgan fingerprint density at radius 1 is 1.58 bits per heavy atom. The number of carbonyl (C=O) groups is 1. The maximum Gasteiger partial charge on any atom is 0.358 e. The zero-order chi connectivity index (χ0) is 13.8. The van der Waals surface area contributed by atoms with Crippen LogP contribution in [0.1, 0.15) is 22.7 Å². The summed E-state index contributed by atoms with van der Waals surface area (Å²) >= 11 is 0. The first-order valence-corrected chi connectivity index (χ1v) is 6.10. The van der Waals surface area contributed by atoms with Gasteiger partial charge in [0.15, 0.2) is 5.69 Å². The van der Waals surface area contributed by atoms with Gasteiger partial charge in [-0.25, -0.2) is 9.78 Å². The lowest BCUT2D eigenvalue weighted by Crippen LogP contribution is -2.09. The molecule has 0 spiro atoms. The highest BCUT2D eigenvalue weighted by molar-refractivity contribution is 5.95. The van der Waals surface area contributed by atoms with Gasteiger partial charge in [-0.1, -0.05) is 0 Å². The van der Waals surface area contributed by atoms with Crippen LogP contribution in [0.25, 0.3) is 5.52 Å². The Bertz CT molecular complexity index is 592. The summed E-state index contributed by atoms with van der Waals surface area (Å²) in [6.45, 7) is 0.876. The number of hydrogen-bond acceptors (Lipinski definition) is 5. The fourth-order valence-corrected chi connectivity index (χ4v) is 1.98. The lowest BCUT2D eigenvalue weighted by atomic mass is 10.3. The Morgan fingerprint density at radius 3 is 3.05 bits per heavy atom. The second-order valence-electron chi connectivity index (χ2n) is 4.22. The van der Waals surface area contributed by atoms with Crippen molar-refractivity contribution in [1.82, 2.24) is 14.7 Å². The molecule has 0 saturated carbocycles. The number of methoxy groups -OCH3 is 1. The minimum atomic E-state index is -0.497. The van der Waals surface area contributed by atoms with Gasteiger partial charge >= 0.3 is 5.97 Å². The second kappa shape index (κ2) is 5.71. The van der Waals surface area contributed by atoms with Crippen LogP contribution >= 0.6 is 0 Å². The van der Waals surface area contributed by atoms with Crippen molar-refractivity contribution >= 4 is 11.5 Å². The lowest BCUT2D eigenvalue weighted by Gasteiger charge is -2.01. The molecule has 0 saturated heterocycles. The fourth-order valence-electron chi connectivity index (χ4n) is 1.98. The van der Waals surface area contributed by atoms with Crippen molar-refractivity contribution in [2.24, 2.45) is 0 Å². The Morgan fingerprint density at radius 2 is 2.37 bits per heavy atom. The van der Waals surface area contributed by atoms with Gasteiger partial charge in [-0.2, -0.15) is 0 Å². The monoisotopic (exact) mass is 263 g/mol. The van der Waals surface area contributed by atoms with E-state index in [-0.39, 0.29) is 11.4 Å². The second-order valence-corrected chi connectivity index (χ2v) is 4.22. The third-order valence-electron chi connectivity index (χ3n) is 2.91. The quantitative estimate of drug-likeness (QED) is 0.621. The number of esters is 1. The topological polar surface area (TPSA) is 75.9 Å². The van der Waals surface area contributed by atoms with E-state index >= 15 is 0 Å². The number of aryl methyl sites for hydroxylation is 1. The van der Waals surface area contributed by atoms with Gasteiger partial charge in [0.1, 0.15) is 11.6 Å². The zero-order valence-electron chi connectivity index (χ0n) is 11.0. The molecular formula is C13H17N3O3. The Kier molecular flexibility index (Phi) is 4.01. The van der Waals surface area contributed by atoms with Crippen LogP contribution in [0.2, 0.25) is 0 Å². The summed E-state index contributed by atoms with van der Waals surface area (Å²) in [6.07, 6.45) is 3.36. The van der Waals surface area contributed by atoms with E-state index in [4.69, 9.17) is 4.74 Å². The number of pyridine rings is 1. The van der Waals surface area contributed by atoms with Crippen LogP contribution in [0.3, 0.4) is 0 Å². The SMILES string of the molecule is CNCCCc1nc(C(=O)OC)c2cc(O)ccn12. The molecule has 0 aliphatic carbocycles. The maximum atomic E-state index is 11.7. The normalized spacial score (nSPS) is 10.8. The predicted octanol–water partition coefficient (Wildman–Crippen LogP) is 0.978. The fraction of sp³-hybridized carbons (Fsp3) is 0.385. The van der Waals surface area contributed by atoms with Gasteiger partial charge in [-0.3, -0.25) is 0 Å². The zero-order valence-corrected chi connectivity index (χ0v) is 11.0. The van der Waals surface area contributed by atoms with Crippen LogP contribution in [0.15, 0.2) is 18.3 Å². The number of nitrogens with one attached hydrogen (secondary N) is 1. The molecule has 0 unspecified atom stereocenters. The number of imidazole rings is 1. The molecule has 6 nitrogen and oxygen atoms in total. The highest BCUT2D eigenvalue weighted by Crippen LogP contribution is 2.20. The molecule has 0 fully saturated rings. The number of aromatic hydroxyl groups is 1. The average molecular weight is 263 g/mol. The number of ether oxygens (including phenoxy) is 1. The summed E-state index contributed by atoms with van der Waals surface area (Å²) < 4.78 is 6.52. The number of nitrogens with zero attached hydrogens (tertiary/aromatic N) is 2. The largest absolute Gasteiger partial charge is 0.508 e. The van der Waals surface area contributed by atoms with E-state index in [1.807, 2.05) is 11.4 Å². The van der Waals surface area contributed by atoms with Gasteiger partial charge in [0, 0.05) is 18.7 Å². The van der Waals surface area contributed by atoms with Crippen molar-refractivity contribution < 1.29 is 14.6 Å². The first kappa shape index (κ1) is 13.4. The van der Waals surface area contributed by atoms with E-state index in [1.165, 1.54) is 13.2 Å². The van der Waals surface area contributed by atoms with Gasteiger partial charge < -0.3 is 19.6 Å². The molecule has 0 amide bonds. The molecule has 2 heterocycles. The summed E-state index contributed by atoms with van der Waals surface area (Å²) in [5, 5.41) is 12.6. The summed E-state index contributed by atoms with van der Waals surface area (Å²) in [4.78, 5) is 16.0. The number of carbonyl (C=O) groups excluding carboxylic acids is 1. The van der Waals surface area contributed by atoms with Gasteiger partial charge in [-0.15, -0.1) is 0 Å². The van der Waals surface area contributed by atoms with Crippen LogP contribution in [0, 0.1) is 0 Å². The predicted molar refractivity (Wildman–Crippen MR) is 70.4 cm³/mol. The number of fused-ring (bicyclic) bond motifs is 1. The van der Waals surface area contributed by atoms with Gasteiger partial charge in [0.25, 0.3) is 0 Å². The standard InChI is InChI=1S/C13H17N3O3/c1-14-6-3-4-11-15-12(13(18)19-2)10-8-9(17)5-7-16(10)11/h5,7-8,14,17H,3-4,6H2,1-2H3. The average Bonchev–Trinajstić information content (AvgIpc) is 2.76. The Balaban J connectivity index is 2.44. The first-order chi connectivity index (χ1) is 9.17. The van der Waals surface area contributed by atoms with E-state index < -0.39 is 5.97 Å². The smallest absolute Gasteiger partial charge is 0.358 e. The van der Waals surface area contributed by atoms with Crippen molar-refractivity contribution in [3.05, 3.63) is 29.8 Å². The highest BCUT2D eigenvalue weighted by atomic mass is 16.5. The molecule has 2 N–H and O–H groups in total. The molecule has 2 aromatic heterocycles. The molecule has 0 aliphatic rings. The maximum absolute atomic E-state index is 11.7. The molecule has 0 atom stereocenters. The molecule has 0 bridgehead atoms. The number of aromatic nitrogens is 2. The Labute approximate surface area is 111 Å². The van der Waals surface area contributed by atoms with E-state index in [1.54, 1.807) is 12.3 Å². The molecule has 0 aromatic carbocycles. The van der Waals surface area contributed by atoms with Gasteiger partial charge in [-0.05, 0) is 26.1 Å². The van der Waals surface area contributed by atoms with Crippen molar-refractivity contribution in [3.63, 3.8) is 0 Å². The van der Waals surface area contributed by atoms with Crippen LogP contribution < -0.4 is 5.32 Å². The molecule has 6 heteroatoms. The van der Waals surface area contributed by atoms with Crippen LogP contribution in [-0.2, 0) is 11.2 Å². The van der Waals surface area contributed by atoms with Gasteiger partial charge in [0.2, 0.25) is 0 Å². The summed E-state index contributed by atoms with van der Waals surface area (Å²) in [6, 6.07) is 3.08. The highest BCUT2D eigenvalue weighted by Gasteiger charge is 2.18. The van der Waals surface area contributed by atoms with E-state index in [0.29, 0.717) is 5.52 Å². The minimum absolute atomic E-state index is 0.0966.